The molecule has 4 nitrogen and oxygen atoms in total. The highest BCUT2D eigenvalue weighted by Gasteiger charge is 2.26. The summed E-state index contributed by atoms with van der Waals surface area (Å²) < 4.78 is 4.87. The van der Waals surface area contributed by atoms with Gasteiger partial charge in [-0.3, -0.25) is 0 Å². The van der Waals surface area contributed by atoms with Crippen molar-refractivity contribution < 1.29 is 9.53 Å². The largest absolute Gasteiger partial charge is 0.466 e. The normalized spacial score (nSPS) is 23.3. The summed E-state index contributed by atoms with van der Waals surface area (Å²) in [6.45, 7) is 3.86. The lowest BCUT2D eigenvalue weighted by molar-refractivity contribution is -0.136. The number of rotatable bonds is 2. The molecule has 0 bridgehead atoms. The molecule has 2 N–H and O–H groups in total. The Balaban J connectivity index is 2.17. The second-order valence-corrected chi connectivity index (χ2v) is 4.45. The van der Waals surface area contributed by atoms with Crippen molar-refractivity contribution in [1.82, 2.24) is 10.6 Å². The standard InChI is InChI=1S/C12H20N2O2/c1-16-12(15)10-4-7-14-8-11(10)9-2-5-13-6-3-9/h9,13-14H,2-8H2,1H3. The minimum Gasteiger partial charge on any atom is -0.466 e. The van der Waals surface area contributed by atoms with Crippen molar-refractivity contribution in [2.75, 3.05) is 33.3 Å². The van der Waals surface area contributed by atoms with Crippen molar-refractivity contribution in [3.8, 4) is 0 Å². The number of ether oxygens (including phenoxy) is 1. The van der Waals surface area contributed by atoms with Gasteiger partial charge >= 0.3 is 5.97 Å². The van der Waals surface area contributed by atoms with E-state index < -0.39 is 0 Å². The first-order valence-electron chi connectivity index (χ1n) is 6.04. The van der Waals surface area contributed by atoms with Gasteiger partial charge in [-0.2, -0.15) is 0 Å². The zero-order valence-corrected chi connectivity index (χ0v) is 9.84. The van der Waals surface area contributed by atoms with E-state index in [4.69, 9.17) is 4.74 Å². The Morgan fingerprint density at radius 1 is 1.25 bits per heavy atom. The highest BCUT2D eigenvalue weighted by molar-refractivity contribution is 5.89. The number of hydrogen-bond donors (Lipinski definition) is 2. The Labute approximate surface area is 96.4 Å². The van der Waals surface area contributed by atoms with Crippen molar-refractivity contribution in [2.45, 2.75) is 19.3 Å². The van der Waals surface area contributed by atoms with Crippen LogP contribution in [0, 0.1) is 5.92 Å². The molecule has 0 spiro atoms. The molecule has 90 valence electrons. The quantitative estimate of drug-likeness (QED) is 0.669. The van der Waals surface area contributed by atoms with Crippen LogP contribution in [0.15, 0.2) is 11.1 Å². The van der Waals surface area contributed by atoms with Crippen molar-refractivity contribution >= 4 is 5.97 Å². The van der Waals surface area contributed by atoms with E-state index in [1.165, 1.54) is 12.7 Å². The number of carbonyl (C=O) groups excluding carboxylic acids is 1. The van der Waals surface area contributed by atoms with E-state index in [2.05, 4.69) is 10.6 Å². The Morgan fingerprint density at radius 3 is 2.69 bits per heavy atom. The molecule has 2 aliphatic heterocycles. The van der Waals surface area contributed by atoms with Crippen LogP contribution in [-0.4, -0.2) is 39.3 Å². The fourth-order valence-electron chi connectivity index (χ4n) is 2.62. The zero-order chi connectivity index (χ0) is 11.4. The second kappa shape index (κ2) is 5.46. The van der Waals surface area contributed by atoms with Crippen LogP contribution in [0.2, 0.25) is 0 Å². The van der Waals surface area contributed by atoms with Gasteiger partial charge < -0.3 is 15.4 Å². The lowest BCUT2D eigenvalue weighted by atomic mass is 9.84. The average Bonchev–Trinajstić information content (AvgIpc) is 2.39. The SMILES string of the molecule is COC(=O)C1=C(C2CCNCC2)CNCC1. The van der Waals surface area contributed by atoms with Gasteiger partial charge in [0.1, 0.15) is 0 Å². The molecule has 0 aromatic heterocycles. The smallest absolute Gasteiger partial charge is 0.333 e. The molecule has 0 aromatic carbocycles. The summed E-state index contributed by atoms with van der Waals surface area (Å²) in [5.74, 6) is 0.429. The summed E-state index contributed by atoms with van der Waals surface area (Å²) in [6.07, 6.45) is 3.08. The monoisotopic (exact) mass is 224 g/mol. The van der Waals surface area contributed by atoms with Crippen molar-refractivity contribution in [3.63, 3.8) is 0 Å². The van der Waals surface area contributed by atoms with Crippen LogP contribution in [-0.2, 0) is 9.53 Å². The zero-order valence-electron chi connectivity index (χ0n) is 9.84. The third kappa shape index (κ3) is 2.44. The van der Waals surface area contributed by atoms with Crippen molar-refractivity contribution in [2.24, 2.45) is 5.92 Å². The second-order valence-electron chi connectivity index (χ2n) is 4.45. The predicted octanol–water partition coefficient (Wildman–Crippen LogP) is 0.449. The van der Waals surface area contributed by atoms with Gasteiger partial charge in [0.15, 0.2) is 0 Å². The van der Waals surface area contributed by atoms with Gasteiger partial charge in [-0.1, -0.05) is 0 Å². The summed E-state index contributed by atoms with van der Waals surface area (Å²) >= 11 is 0. The maximum atomic E-state index is 11.7. The van der Waals surface area contributed by atoms with Crippen LogP contribution in [0.3, 0.4) is 0 Å². The molecule has 0 unspecified atom stereocenters. The first-order valence-corrected chi connectivity index (χ1v) is 6.04. The summed E-state index contributed by atoms with van der Waals surface area (Å²) in [4.78, 5) is 11.7. The van der Waals surface area contributed by atoms with E-state index in [9.17, 15) is 4.79 Å². The molecular weight excluding hydrogens is 204 g/mol. The third-order valence-corrected chi connectivity index (χ3v) is 3.52. The number of nitrogens with one attached hydrogen (secondary N) is 2. The maximum Gasteiger partial charge on any atom is 0.333 e. The molecule has 2 heterocycles. The van der Waals surface area contributed by atoms with E-state index in [0.29, 0.717) is 5.92 Å². The van der Waals surface area contributed by atoms with Crippen LogP contribution in [0.4, 0.5) is 0 Å². The fourth-order valence-corrected chi connectivity index (χ4v) is 2.62. The van der Waals surface area contributed by atoms with Crippen LogP contribution in [0.25, 0.3) is 0 Å². The maximum absolute atomic E-state index is 11.7. The molecule has 0 atom stereocenters. The van der Waals surface area contributed by atoms with E-state index in [1.54, 1.807) is 0 Å². The summed E-state index contributed by atoms with van der Waals surface area (Å²) in [5, 5.41) is 6.71. The third-order valence-electron chi connectivity index (χ3n) is 3.52. The summed E-state index contributed by atoms with van der Waals surface area (Å²) in [5.41, 5.74) is 2.22. The van der Waals surface area contributed by atoms with Gasteiger partial charge in [0.25, 0.3) is 0 Å². The topological polar surface area (TPSA) is 50.4 Å². The van der Waals surface area contributed by atoms with Crippen LogP contribution in [0.5, 0.6) is 0 Å². The molecule has 0 saturated carbocycles. The van der Waals surface area contributed by atoms with Crippen molar-refractivity contribution in [1.29, 1.82) is 0 Å². The molecular formula is C12H20N2O2. The molecule has 4 heteroatoms. The minimum absolute atomic E-state index is 0.130. The molecule has 0 amide bonds. The van der Waals surface area contributed by atoms with Gasteiger partial charge in [0.05, 0.1) is 7.11 Å². The van der Waals surface area contributed by atoms with Crippen molar-refractivity contribution in [3.05, 3.63) is 11.1 Å². The average molecular weight is 224 g/mol. The molecule has 1 saturated heterocycles. The molecule has 16 heavy (non-hydrogen) atoms. The molecule has 2 rings (SSSR count). The van der Waals surface area contributed by atoms with E-state index in [-0.39, 0.29) is 5.97 Å². The van der Waals surface area contributed by atoms with Gasteiger partial charge in [0, 0.05) is 12.1 Å². The highest BCUT2D eigenvalue weighted by atomic mass is 16.5. The number of piperidine rings is 1. The molecule has 0 aromatic rings. The van der Waals surface area contributed by atoms with Gasteiger partial charge in [0.2, 0.25) is 0 Å². The Hall–Kier alpha value is -0.870. The van der Waals surface area contributed by atoms with E-state index >= 15 is 0 Å². The Kier molecular flexibility index (Phi) is 3.96. The van der Waals surface area contributed by atoms with Gasteiger partial charge in [-0.15, -0.1) is 0 Å². The summed E-state index contributed by atoms with van der Waals surface area (Å²) in [6, 6.07) is 0. The molecule has 1 fully saturated rings. The van der Waals surface area contributed by atoms with Crippen LogP contribution < -0.4 is 10.6 Å². The molecule has 2 aliphatic rings. The van der Waals surface area contributed by atoms with Gasteiger partial charge in [-0.05, 0) is 50.4 Å². The fraction of sp³-hybridized carbons (Fsp3) is 0.750. The van der Waals surface area contributed by atoms with Crippen LogP contribution in [0.1, 0.15) is 19.3 Å². The van der Waals surface area contributed by atoms with Gasteiger partial charge in [-0.25, -0.2) is 4.79 Å². The number of carbonyl (C=O) groups is 1. The molecule has 0 radical (unpaired) electrons. The summed E-state index contributed by atoms with van der Waals surface area (Å²) in [7, 11) is 1.47. The number of methoxy groups -OCH3 is 1. The highest BCUT2D eigenvalue weighted by Crippen LogP contribution is 2.27. The minimum atomic E-state index is -0.130. The Bertz CT molecular complexity index is 293. The van der Waals surface area contributed by atoms with E-state index in [1.807, 2.05) is 0 Å². The van der Waals surface area contributed by atoms with Crippen LogP contribution >= 0.6 is 0 Å². The Morgan fingerprint density at radius 2 is 2.00 bits per heavy atom. The lowest BCUT2D eigenvalue weighted by Gasteiger charge is -2.30. The number of hydrogen-bond acceptors (Lipinski definition) is 4. The predicted molar refractivity (Wildman–Crippen MR) is 62.1 cm³/mol. The molecule has 0 aliphatic carbocycles. The first-order chi connectivity index (χ1) is 7.83. The number of esters is 1. The van der Waals surface area contributed by atoms with E-state index in [0.717, 1.165) is 51.0 Å². The lowest BCUT2D eigenvalue weighted by Crippen LogP contribution is -2.36. The first kappa shape index (κ1) is 11.6.